The number of likely N-dealkylation sites (N-methyl/N-ethyl adjacent to an activating group) is 1. The van der Waals surface area contributed by atoms with Crippen molar-refractivity contribution in [3.63, 3.8) is 0 Å². The highest BCUT2D eigenvalue weighted by molar-refractivity contribution is 14.0. The van der Waals surface area contributed by atoms with Gasteiger partial charge in [-0.05, 0) is 19.2 Å². The zero-order valence-corrected chi connectivity index (χ0v) is 20.9. The number of guanidine groups is 1. The lowest BCUT2D eigenvalue weighted by Gasteiger charge is -2.19. The van der Waals surface area contributed by atoms with Gasteiger partial charge in [0.2, 0.25) is 0 Å². The molecule has 0 bridgehead atoms. The fraction of sp³-hybridized carbons (Fsp3) is 0.571. The highest BCUT2D eigenvalue weighted by Gasteiger charge is 2.06. The Labute approximate surface area is 197 Å². The lowest BCUT2D eigenvalue weighted by Crippen LogP contribution is -2.38. The van der Waals surface area contributed by atoms with Crippen LogP contribution < -0.4 is 15.4 Å². The molecule has 0 saturated carbocycles. The normalized spacial score (nSPS) is 11.3. The predicted octanol–water partition coefficient (Wildman–Crippen LogP) is 2.54. The Hall–Kier alpha value is -1.88. The summed E-state index contributed by atoms with van der Waals surface area (Å²) in [6, 6.07) is 8.14. The molecule has 1 heterocycles. The van der Waals surface area contributed by atoms with Gasteiger partial charge in [0.15, 0.2) is 5.96 Å². The Morgan fingerprint density at radius 1 is 1.17 bits per heavy atom. The molecule has 0 fully saturated rings. The second-order valence-corrected chi connectivity index (χ2v) is 6.63. The van der Waals surface area contributed by atoms with Crippen molar-refractivity contribution in [1.82, 2.24) is 30.3 Å². The number of para-hydroxylation sites is 1. The Bertz CT molecular complexity index is 746. The fourth-order valence-electron chi connectivity index (χ4n) is 3.05. The van der Waals surface area contributed by atoms with Gasteiger partial charge in [-0.3, -0.25) is 4.99 Å². The molecule has 0 spiro atoms. The lowest BCUT2D eigenvalue weighted by atomic mass is 10.2. The fourth-order valence-corrected chi connectivity index (χ4v) is 3.05. The highest BCUT2D eigenvalue weighted by atomic mass is 127. The molecule has 0 amide bonds. The molecule has 0 atom stereocenters. The number of halogens is 1. The van der Waals surface area contributed by atoms with Crippen molar-refractivity contribution in [3.05, 3.63) is 42.0 Å². The maximum Gasteiger partial charge on any atom is 0.191 e. The lowest BCUT2D eigenvalue weighted by molar-refractivity contribution is 0.221. The number of rotatable bonds is 12. The summed E-state index contributed by atoms with van der Waals surface area (Å²) in [5, 5.41) is 14.8. The number of aliphatic imine (C=N–C) groups is 1. The molecule has 0 aliphatic carbocycles. The number of ether oxygens (including phenoxy) is 1. The van der Waals surface area contributed by atoms with E-state index in [0.717, 1.165) is 62.2 Å². The maximum atomic E-state index is 6.03. The van der Waals surface area contributed by atoms with E-state index in [1.54, 1.807) is 13.4 Å². The van der Waals surface area contributed by atoms with E-state index in [4.69, 9.17) is 4.74 Å². The van der Waals surface area contributed by atoms with E-state index in [2.05, 4.69) is 62.1 Å². The van der Waals surface area contributed by atoms with Crippen LogP contribution in [0.25, 0.3) is 0 Å². The summed E-state index contributed by atoms with van der Waals surface area (Å²) in [5.74, 6) is 2.67. The number of nitrogens with one attached hydrogen (secondary N) is 2. The van der Waals surface area contributed by atoms with Crippen molar-refractivity contribution in [2.24, 2.45) is 4.99 Å². The van der Waals surface area contributed by atoms with Crippen LogP contribution in [-0.2, 0) is 19.5 Å². The molecule has 0 unspecified atom stereocenters. The third-order valence-corrected chi connectivity index (χ3v) is 4.86. The van der Waals surface area contributed by atoms with Gasteiger partial charge in [0.1, 0.15) is 24.5 Å². The van der Waals surface area contributed by atoms with Crippen molar-refractivity contribution >= 4 is 29.9 Å². The van der Waals surface area contributed by atoms with Crippen LogP contribution in [0.4, 0.5) is 0 Å². The van der Waals surface area contributed by atoms with Crippen LogP contribution >= 0.6 is 24.0 Å². The zero-order chi connectivity index (χ0) is 20.9. The molecule has 1 aromatic carbocycles. The minimum Gasteiger partial charge on any atom is -0.492 e. The summed E-state index contributed by atoms with van der Waals surface area (Å²) < 4.78 is 8.09. The first-order valence-corrected chi connectivity index (χ1v) is 10.5. The summed E-state index contributed by atoms with van der Waals surface area (Å²) in [4.78, 5) is 6.66. The average molecular weight is 529 g/mol. The van der Waals surface area contributed by atoms with Gasteiger partial charge in [-0.1, -0.05) is 39.0 Å². The van der Waals surface area contributed by atoms with Crippen LogP contribution in [0.5, 0.6) is 5.75 Å². The van der Waals surface area contributed by atoms with Gasteiger partial charge in [-0.2, -0.15) is 0 Å². The molecule has 0 aliphatic heterocycles. The standard InChI is InChI=1S/C21H35N7O.HI/c1-5-20-26-25-17-28(20)13-12-23-21(22-4)24-16-18-10-8-9-11-19(18)29-15-14-27(6-2)7-3;/h8-11,17H,5-7,12-16H2,1-4H3,(H2,22,23,24);1H. The molecule has 30 heavy (non-hydrogen) atoms. The average Bonchev–Trinajstić information content (AvgIpc) is 3.22. The minimum absolute atomic E-state index is 0. The summed E-state index contributed by atoms with van der Waals surface area (Å²) in [5.41, 5.74) is 1.11. The van der Waals surface area contributed by atoms with E-state index in [9.17, 15) is 0 Å². The van der Waals surface area contributed by atoms with Crippen molar-refractivity contribution in [2.45, 2.75) is 40.3 Å². The van der Waals surface area contributed by atoms with Crippen LogP contribution in [-0.4, -0.2) is 65.5 Å². The monoisotopic (exact) mass is 529 g/mol. The number of hydrogen-bond acceptors (Lipinski definition) is 5. The van der Waals surface area contributed by atoms with E-state index < -0.39 is 0 Å². The van der Waals surface area contributed by atoms with E-state index in [-0.39, 0.29) is 24.0 Å². The van der Waals surface area contributed by atoms with Gasteiger partial charge in [-0.15, -0.1) is 34.2 Å². The minimum atomic E-state index is 0. The number of hydrogen-bond donors (Lipinski definition) is 2. The van der Waals surface area contributed by atoms with E-state index in [1.165, 1.54) is 0 Å². The van der Waals surface area contributed by atoms with Gasteiger partial charge in [-0.25, -0.2) is 0 Å². The van der Waals surface area contributed by atoms with Gasteiger partial charge in [0.05, 0.1) is 0 Å². The molecule has 1 aromatic heterocycles. The van der Waals surface area contributed by atoms with E-state index in [0.29, 0.717) is 13.2 Å². The Morgan fingerprint density at radius 2 is 1.93 bits per heavy atom. The molecule has 0 radical (unpaired) electrons. The van der Waals surface area contributed by atoms with Crippen LogP contribution in [0.3, 0.4) is 0 Å². The molecular weight excluding hydrogens is 493 g/mol. The van der Waals surface area contributed by atoms with Crippen LogP contribution in [0.2, 0.25) is 0 Å². The van der Waals surface area contributed by atoms with Gasteiger partial charge in [0, 0.05) is 45.2 Å². The SMILES string of the molecule is CCc1nncn1CCNC(=NC)NCc1ccccc1OCCN(CC)CC.I. The summed E-state index contributed by atoms with van der Waals surface area (Å²) >= 11 is 0. The van der Waals surface area contributed by atoms with Crippen molar-refractivity contribution in [3.8, 4) is 5.75 Å². The van der Waals surface area contributed by atoms with Crippen molar-refractivity contribution < 1.29 is 4.74 Å². The summed E-state index contributed by atoms with van der Waals surface area (Å²) in [7, 11) is 1.78. The third-order valence-electron chi connectivity index (χ3n) is 4.86. The summed E-state index contributed by atoms with van der Waals surface area (Å²) in [6.07, 6.45) is 2.64. The first kappa shape index (κ1) is 26.2. The second kappa shape index (κ2) is 15.0. The number of nitrogens with zero attached hydrogens (tertiary/aromatic N) is 5. The van der Waals surface area contributed by atoms with Crippen LogP contribution in [0, 0.1) is 0 Å². The van der Waals surface area contributed by atoms with E-state index >= 15 is 0 Å². The predicted molar refractivity (Wildman–Crippen MR) is 133 cm³/mol. The first-order chi connectivity index (χ1) is 14.2. The number of aromatic nitrogens is 3. The van der Waals surface area contributed by atoms with Crippen molar-refractivity contribution in [2.75, 3.05) is 39.8 Å². The van der Waals surface area contributed by atoms with Gasteiger partial charge < -0.3 is 24.8 Å². The molecule has 0 aliphatic rings. The molecule has 9 heteroatoms. The van der Waals surface area contributed by atoms with Crippen molar-refractivity contribution in [1.29, 1.82) is 0 Å². The van der Waals surface area contributed by atoms with Gasteiger partial charge in [0.25, 0.3) is 0 Å². The zero-order valence-electron chi connectivity index (χ0n) is 18.6. The molecule has 2 rings (SSSR count). The molecule has 2 aromatic rings. The second-order valence-electron chi connectivity index (χ2n) is 6.63. The van der Waals surface area contributed by atoms with Crippen LogP contribution in [0.15, 0.2) is 35.6 Å². The number of benzene rings is 1. The maximum absolute atomic E-state index is 6.03. The Balaban J connectivity index is 0.00000450. The Morgan fingerprint density at radius 3 is 2.63 bits per heavy atom. The molecular formula is C21H36IN7O. The van der Waals surface area contributed by atoms with Crippen LogP contribution in [0.1, 0.15) is 32.2 Å². The quantitative estimate of drug-likeness (QED) is 0.250. The molecule has 2 N–H and O–H groups in total. The topological polar surface area (TPSA) is 79.6 Å². The molecule has 8 nitrogen and oxygen atoms in total. The van der Waals surface area contributed by atoms with Gasteiger partial charge >= 0.3 is 0 Å². The van der Waals surface area contributed by atoms with E-state index in [1.807, 2.05) is 18.2 Å². The molecule has 0 saturated heterocycles. The smallest absolute Gasteiger partial charge is 0.191 e. The third kappa shape index (κ3) is 8.47. The highest BCUT2D eigenvalue weighted by Crippen LogP contribution is 2.17. The molecule has 168 valence electrons. The Kier molecular flexibility index (Phi) is 13.1. The largest absolute Gasteiger partial charge is 0.492 e. The number of aryl methyl sites for hydroxylation is 1. The first-order valence-electron chi connectivity index (χ1n) is 10.5. The summed E-state index contributed by atoms with van der Waals surface area (Å²) in [6.45, 7) is 12.3.